The second kappa shape index (κ2) is 9.04. The molecule has 0 atom stereocenters. The molecule has 0 saturated carbocycles. The normalized spacial score (nSPS) is 10.5. The van der Waals surface area contributed by atoms with Gasteiger partial charge in [-0.1, -0.05) is 54.6 Å². The molecule has 0 unspecified atom stereocenters. The highest BCUT2D eigenvalue weighted by Gasteiger charge is 2.25. The number of aromatic nitrogens is 3. The lowest BCUT2D eigenvalue weighted by Crippen LogP contribution is -2.37. The molecule has 1 amide bonds. The zero-order chi connectivity index (χ0) is 21.6. The average Bonchev–Trinajstić information content (AvgIpc) is 3.34. The average molecular weight is 412 g/mol. The van der Waals surface area contributed by atoms with E-state index in [4.69, 9.17) is 4.74 Å². The molecule has 7 nitrogen and oxygen atoms in total. The topological polar surface area (TPSA) is 77.3 Å². The fraction of sp³-hybridized carbons (Fsp3) is 0.0833. The molecule has 0 aliphatic carbocycles. The predicted octanol–water partition coefficient (Wildman–Crippen LogP) is 4.23. The summed E-state index contributed by atoms with van der Waals surface area (Å²) in [6.07, 6.45) is 3.10. The van der Waals surface area contributed by atoms with Crippen LogP contribution in [0.4, 0.5) is 5.69 Å². The van der Waals surface area contributed by atoms with Crippen molar-refractivity contribution >= 4 is 17.6 Å². The molecule has 0 N–H and O–H groups in total. The summed E-state index contributed by atoms with van der Waals surface area (Å²) < 4.78 is 5.21. The van der Waals surface area contributed by atoms with Crippen molar-refractivity contribution in [3.8, 4) is 11.1 Å². The lowest BCUT2D eigenvalue weighted by molar-refractivity contribution is 0.0527. The van der Waals surface area contributed by atoms with Crippen LogP contribution in [-0.2, 0) is 4.74 Å². The number of hydrogen-bond donors (Lipinski definition) is 0. The first-order chi connectivity index (χ1) is 15.2. The van der Waals surface area contributed by atoms with E-state index >= 15 is 0 Å². The van der Waals surface area contributed by atoms with Crippen molar-refractivity contribution in [2.45, 2.75) is 6.92 Å². The van der Waals surface area contributed by atoms with Gasteiger partial charge in [0, 0.05) is 5.56 Å². The highest BCUT2D eigenvalue weighted by molar-refractivity contribution is 6.11. The number of rotatable bonds is 6. The molecule has 154 valence electrons. The Hall–Kier alpha value is -4.26. The standard InChI is InChI=1S/C24H20N4O3/c1-2-31-24(30)22-15-9-7-13-20(22)19-12-6-8-14-21(19)23(29)28(27-17-16-25-26-27)18-10-4-3-5-11-18/h3-17H,2H2,1H3. The lowest BCUT2D eigenvalue weighted by Gasteiger charge is -2.23. The molecule has 0 aliphatic heterocycles. The Kier molecular flexibility index (Phi) is 5.84. The minimum atomic E-state index is -0.434. The van der Waals surface area contributed by atoms with Gasteiger partial charge >= 0.3 is 5.97 Å². The molecule has 0 spiro atoms. The van der Waals surface area contributed by atoms with Gasteiger partial charge in [0.2, 0.25) is 0 Å². The number of nitrogens with zero attached hydrogens (tertiary/aromatic N) is 4. The van der Waals surface area contributed by atoms with E-state index in [1.807, 2.05) is 48.5 Å². The second-order valence-electron chi connectivity index (χ2n) is 6.59. The molecule has 0 fully saturated rings. The van der Waals surface area contributed by atoms with Crippen molar-refractivity contribution in [3.63, 3.8) is 0 Å². The van der Waals surface area contributed by atoms with Crippen LogP contribution >= 0.6 is 0 Å². The number of hydrogen-bond acceptors (Lipinski definition) is 5. The summed E-state index contributed by atoms with van der Waals surface area (Å²) in [7, 11) is 0. The van der Waals surface area contributed by atoms with Gasteiger partial charge in [-0.3, -0.25) is 4.79 Å². The van der Waals surface area contributed by atoms with E-state index in [1.54, 1.807) is 43.5 Å². The van der Waals surface area contributed by atoms with Crippen LogP contribution in [0.2, 0.25) is 0 Å². The smallest absolute Gasteiger partial charge is 0.338 e. The van der Waals surface area contributed by atoms with E-state index in [1.165, 1.54) is 16.0 Å². The van der Waals surface area contributed by atoms with Gasteiger partial charge in [0.05, 0.1) is 30.3 Å². The second-order valence-corrected chi connectivity index (χ2v) is 6.59. The molecule has 31 heavy (non-hydrogen) atoms. The van der Waals surface area contributed by atoms with Crippen LogP contribution in [0.3, 0.4) is 0 Å². The first kappa shape index (κ1) is 20.0. The van der Waals surface area contributed by atoms with Crippen LogP contribution in [0.25, 0.3) is 11.1 Å². The van der Waals surface area contributed by atoms with Crippen molar-refractivity contribution in [2.24, 2.45) is 0 Å². The number of carbonyl (C=O) groups is 2. The maximum Gasteiger partial charge on any atom is 0.338 e. The SMILES string of the molecule is CCOC(=O)c1ccccc1-c1ccccc1C(=O)N(c1ccccc1)n1ccnn1. The van der Waals surface area contributed by atoms with E-state index in [-0.39, 0.29) is 12.5 Å². The van der Waals surface area contributed by atoms with Gasteiger partial charge in [0.1, 0.15) is 0 Å². The molecular weight excluding hydrogens is 392 g/mol. The van der Waals surface area contributed by atoms with Gasteiger partial charge in [0.15, 0.2) is 0 Å². The van der Waals surface area contributed by atoms with Crippen LogP contribution in [-0.4, -0.2) is 33.6 Å². The number of carbonyl (C=O) groups excluding carboxylic acids is 2. The molecule has 4 aromatic rings. The van der Waals surface area contributed by atoms with Gasteiger partial charge in [-0.05, 0) is 47.5 Å². The van der Waals surface area contributed by atoms with E-state index in [0.717, 1.165) is 0 Å². The number of benzene rings is 3. The Morgan fingerprint density at radius 1 is 0.871 bits per heavy atom. The van der Waals surface area contributed by atoms with Crippen molar-refractivity contribution in [1.29, 1.82) is 0 Å². The van der Waals surface area contributed by atoms with Crippen LogP contribution < -0.4 is 5.01 Å². The number of amides is 1. The van der Waals surface area contributed by atoms with E-state index < -0.39 is 5.97 Å². The Balaban J connectivity index is 1.84. The first-order valence-electron chi connectivity index (χ1n) is 9.82. The number of anilines is 1. The Morgan fingerprint density at radius 3 is 2.13 bits per heavy atom. The summed E-state index contributed by atoms with van der Waals surface area (Å²) in [6.45, 7) is 2.02. The summed E-state index contributed by atoms with van der Waals surface area (Å²) in [4.78, 5) is 27.7. The molecule has 7 heteroatoms. The molecule has 1 heterocycles. The fourth-order valence-electron chi connectivity index (χ4n) is 3.33. The zero-order valence-electron chi connectivity index (χ0n) is 16.9. The van der Waals surface area contributed by atoms with Crippen LogP contribution in [0, 0.1) is 0 Å². The van der Waals surface area contributed by atoms with Gasteiger partial charge in [-0.25, -0.2) is 4.79 Å². The number of esters is 1. The maximum atomic E-state index is 13.8. The molecule has 0 bridgehead atoms. The first-order valence-corrected chi connectivity index (χ1v) is 9.82. The Labute approximate surface area is 179 Å². The van der Waals surface area contributed by atoms with E-state index in [2.05, 4.69) is 10.3 Å². The van der Waals surface area contributed by atoms with Gasteiger partial charge in [-0.15, -0.1) is 5.10 Å². The number of para-hydroxylation sites is 1. The zero-order valence-corrected chi connectivity index (χ0v) is 16.9. The van der Waals surface area contributed by atoms with Crippen molar-refractivity contribution in [1.82, 2.24) is 15.1 Å². The summed E-state index contributed by atoms with van der Waals surface area (Å²) in [6, 6.07) is 23.4. The predicted molar refractivity (Wildman–Crippen MR) is 117 cm³/mol. The van der Waals surface area contributed by atoms with Gasteiger partial charge < -0.3 is 4.74 Å². The largest absolute Gasteiger partial charge is 0.462 e. The van der Waals surface area contributed by atoms with E-state index in [0.29, 0.717) is 27.9 Å². The van der Waals surface area contributed by atoms with Crippen molar-refractivity contribution in [3.05, 3.63) is 102 Å². The number of ether oxygens (including phenoxy) is 1. The van der Waals surface area contributed by atoms with Gasteiger partial charge in [0.25, 0.3) is 5.91 Å². The quantitative estimate of drug-likeness (QED) is 0.443. The Morgan fingerprint density at radius 2 is 1.48 bits per heavy atom. The highest BCUT2D eigenvalue weighted by atomic mass is 16.5. The van der Waals surface area contributed by atoms with Crippen LogP contribution in [0.1, 0.15) is 27.6 Å². The lowest BCUT2D eigenvalue weighted by atomic mass is 9.95. The van der Waals surface area contributed by atoms with Crippen LogP contribution in [0.5, 0.6) is 0 Å². The molecule has 0 aliphatic rings. The molecule has 1 aromatic heterocycles. The monoisotopic (exact) mass is 412 g/mol. The minimum Gasteiger partial charge on any atom is -0.462 e. The minimum absolute atomic E-state index is 0.266. The highest BCUT2D eigenvalue weighted by Crippen LogP contribution is 2.30. The van der Waals surface area contributed by atoms with Crippen molar-refractivity contribution in [2.75, 3.05) is 11.6 Å². The molecule has 0 saturated heterocycles. The Bertz CT molecular complexity index is 1190. The third-order valence-corrected chi connectivity index (χ3v) is 4.68. The molecule has 0 radical (unpaired) electrons. The summed E-state index contributed by atoms with van der Waals surface area (Å²) in [5.41, 5.74) is 2.69. The molecular formula is C24H20N4O3. The van der Waals surface area contributed by atoms with Crippen LogP contribution in [0.15, 0.2) is 91.3 Å². The van der Waals surface area contributed by atoms with Gasteiger partial charge in [-0.2, -0.15) is 9.80 Å². The van der Waals surface area contributed by atoms with Crippen molar-refractivity contribution < 1.29 is 14.3 Å². The third kappa shape index (κ3) is 4.06. The summed E-state index contributed by atoms with van der Waals surface area (Å²) >= 11 is 0. The molecule has 3 aromatic carbocycles. The summed E-state index contributed by atoms with van der Waals surface area (Å²) in [5, 5.41) is 9.28. The van der Waals surface area contributed by atoms with E-state index in [9.17, 15) is 9.59 Å². The maximum absolute atomic E-state index is 13.8. The fourth-order valence-corrected chi connectivity index (χ4v) is 3.33. The summed E-state index contributed by atoms with van der Waals surface area (Å²) in [5.74, 6) is -0.748. The molecule has 4 rings (SSSR count). The third-order valence-electron chi connectivity index (χ3n) is 4.68.